The summed E-state index contributed by atoms with van der Waals surface area (Å²) in [4.78, 5) is 0.212. The van der Waals surface area contributed by atoms with Crippen LogP contribution in [0.5, 0.6) is 5.75 Å². The highest BCUT2D eigenvalue weighted by Gasteiger charge is 2.40. The first-order chi connectivity index (χ1) is 7.37. The van der Waals surface area contributed by atoms with Crippen LogP contribution in [0.1, 0.15) is 18.4 Å². The van der Waals surface area contributed by atoms with Crippen molar-refractivity contribution in [3.8, 4) is 5.75 Å². The minimum absolute atomic E-state index is 0.212. The molecule has 0 saturated heterocycles. The highest BCUT2D eigenvalue weighted by molar-refractivity contribution is 7.90. The molecule has 2 N–H and O–H groups in total. The lowest BCUT2D eigenvalue weighted by Crippen LogP contribution is -2.19. The highest BCUT2D eigenvalue weighted by atomic mass is 32.2. The van der Waals surface area contributed by atoms with E-state index in [2.05, 4.69) is 0 Å². The number of nitrogens with two attached hydrogens (primary N) is 1. The smallest absolute Gasteiger partial charge is 0.179 e. The van der Waals surface area contributed by atoms with Gasteiger partial charge in [0, 0.05) is 11.8 Å². The molecule has 0 bridgehead atoms. The van der Waals surface area contributed by atoms with Gasteiger partial charge in [0.25, 0.3) is 0 Å². The van der Waals surface area contributed by atoms with E-state index in [-0.39, 0.29) is 10.4 Å². The van der Waals surface area contributed by atoms with E-state index in [4.69, 9.17) is 10.5 Å². The molecular weight excluding hydrogens is 226 g/mol. The third kappa shape index (κ3) is 1.92. The molecule has 1 saturated carbocycles. The maximum absolute atomic E-state index is 11.6. The molecule has 1 fully saturated rings. The summed E-state index contributed by atoms with van der Waals surface area (Å²) in [6.45, 7) is 0. The maximum atomic E-state index is 11.6. The summed E-state index contributed by atoms with van der Waals surface area (Å²) in [6.07, 6.45) is 2.98. The van der Waals surface area contributed by atoms with Gasteiger partial charge in [0.15, 0.2) is 9.84 Å². The molecule has 0 spiro atoms. The topological polar surface area (TPSA) is 69.4 Å². The summed E-state index contributed by atoms with van der Waals surface area (Å²) < 4.78 is 28.2. The van der Waals surface area contributed by atoms with E-state index in [1.165, 1.54) is 13.4 Å². The van der Waals surface area contributed by atoms with Gasteiger partial charge < -0.3 is 10.5 Å². The number of benzene rings is 1. The Morgan fingerprint density at radius 1 is 1.38 bits per heavy atom. The summed E-state index contributed by atoms with van der Waals surface area (Å²) in [6, 6.07) is 5.13. The molecule has 0 heterocycles. The van der Waals surface area contributed by atoms with E-state index in [1.54, 1.807) is 12.1 Å². The van der Waals surface area contributed by atoms with Crippen LogP contribution in [-0.4, -0.2) is 21.8 Å². The molecule has 88 valence electrons. The normalized spacial score (nSPS) is 18.2. The molecule has 0 aromatic heterocycles. The van der Waals surface area contributed by atoms with Crippen LogP contribution in [0.3, 0.4) is 0 Å². The Bertz CT molecular complexity index is 518. The van der Waals surface area contributed by atoms with Gasteiger partial charge in [0.1, 0.15) is 10.6 Å². The number of methoxy groups -OCH3 is 1. The molecule has 0 atom stereocenters. The SMILES string of the molecule is COc1ccc(C2(N)CC2)cc1S(C)(=O)=O. The predicted molar refractivity (Wildman–Crippen MR) is 61.2 cm³/mol. The molecule has 0 unspecified atom stereocenters. The van der Waals surface area contributed by atoms with Crippen molar-refractivity contribution in [1.82, 2.24) is 0 Å². The molecule has 0 radical (unpaired) electrons. The zero-order valence-corrected chi connectivity index (χ0v) is 10.2. The van der Waals surface area contributed by atoms with Crippen LogP contribution >= 0.6 is 0 Å². The Labute approximate surface area is 95.3 Å². The molecular formula is C11H15NO3S. The first kappa shape index (κ1) is 11.4. The Morgan fingerprint density at radius 3 is 2.44 bits per heavy atom. The van der Waals surface area contributed by atoms with Crippen LogP contribution in [0.25, 0.3) is 0 Å². The van der Waals surface area contributed by atoms with Gasteiger partial charge in [-0.3, -0.25) is 0 Å². The van der Waals surface area contributed by atoms with E-state index in [9.17, 15) is 8.42 Å². The van der Waals surface area contributed by atoms with Gasteiger partial charge in [-0.15, -0.1) is 0 Å². The minimum atomic E-state index is -3.28. The van der Waals surface area contributed by atoms with Crippen molar-refractivity contribution in [3.63, 3.8) is 0 Å². The molecule has 1 aliphatic carbocycles. The van der Waals surface area contributed by atoms with Gasteiger partial charge in [-0.2, -0.15) is 0 Å². The Morgan fingerprint density at radius 2 is 2.00 bits per heavy atom. The van der Waals surface area contributed by atoms with Crippen LogP contribution in [0, 0.1) is 0 Å². The fraction of sp³-hybridized carbons (Fsp3) is 0.455. The van der Waals surface area contributed by atoms with Gasteiger partial charge in [-0.05, 0) is 30.5 Å². The molecule has 16 heavy (non-hydrogen) atoms. The zero-order chi connectivity index (χ0) is 12.0. The number of rotatable bonds is 3. The second kappa shape index (κ2) is 3.46. The number of sulfone groups is 1. The van der Waals surface area contributed by atoms with Crippen molar-refractivity contribution in [2.75, 3.05) is 13.4 Å². The Kier molecular flexibility index (Phi) is 2.47. The van der Waals surface area contributed by atoms with Crippen molar-refractivity contribution < 1.29 is 13.2 Å². The summed E-state index contributed by atoms with van der Waals surface area (Å²) in [5, 5.41) is 0. The maximum Gasteiger partial charge on any atom is 0.179 e. The summed E-state index contributed by atoms with van der Waals surface area (Å²) in [7, 11) is -1.82. The highest BCUT2D eigenvalue weighted by Crippen LogP contribution is 2.44. The van der Waals surface area contributed by atoms with E-state index in [0.29, 0.717) is 5.75 Å². The molecule has 1 aromatic carbocycles. The van der Waals surface area contributed by atoms with Crippen LogP contribution < -0.4 is 10.5 Å². The molecule has 0 aliphatic heterocycles. The molecule has 1 aromatic rings. The second-order valence-corrected chi connectivity index (χ2v) is 6.28. The summed E-state index contributed by atoms with van der Waals surface area (Å²) >= 11 is 0. The monoisotopic (exact) mass is 241 g/mol. The van der Waals surface area contributed by atoms with Crippen LogP contribution in [0.4, 0.5) is 0 Å². The predicted octanol–water partition coefficient (Wildman–Crippen LogP) is 1.05. The summed E-state index contributed by atoms with van der Waals surface area (Å²) in [5.41, 5.74) is 6.58. The van der Waals surface area contributed by atoms with Crippen LogP contribution in [-0.2, 0) is 15.4 Å². The summed E-state index contributed by atoms with van der Waals surface area (Å²) in [5.74, 6) is 0.371. The molecule has 4 nitrogen and oxygen atoms in total. The average Bonchev–Trinajstić information content (AvgIpc) is 2.95. The standard InChI is InChI=1S/C11H15NO3S/c1-15-9-4-3-8(11(12)5-6-11)7-10(9)16(2,13)14/h3-4,7H,5-6,12H2,1-2H3. The van der Waals surface area contributed by atoms with E-state index >= 15 is 0 Å². The third-order valence-electron chi connectivity index (χ3n) is 2.93. The quantitative estimate of drug-likeness (QED) is 0.858. The average molecular weight is 241 g/mol. The van der Waals surface area contributed by atoms with E-state index in [0.717, 1.165) is 18.4 Å². The van der Waals surface area contributed by atoms with Crippen molar-refractivity contribution >= 4 is 9.84 Å². The van der Waals surface area contributed by atoms with E-state index in [1.807, 2.05) is 6.07 Å². The lowest BCUT2D eigenvalue weighted by atomic mass is 10.1. The molecule has 2 rings (SSSR count). The fourth-order valence-corrected chi connectivity index (χ4v) is 2.56. The Hall–Kier alpha value is -1.07. The Balaban J connectivity index is 2.56. The van der Waals surface area contributed by atoms with Crippen molar-refractivity contribution in [1.29, 1.82) is 0 Å². The first-order valence-corrected chi connectivity index (χ1v) is 6.93. The van der Waals surface area contributed by atoms with Gasteiger partial charge in [-0.1, -0.05) is 6.07 Å². The van der Waals surface area contributed by atoms with Gasteiger partial charge in [0.05, 0.1) is 7.11 Å². The largest absolute Gasteiger partial charge is 0.495 e. The van der Waals surface area contributed by atoms with Gasteiger partial charge >= 0.3 is 0 Å². The zero-order valence-electron chi connectivity index (χ0n) is 9.36. The number of ether oxygens (including phenoxy) is 1. The van der Waals surface area contributed by atoms with Gasteiger partial charge in [0.2, 0.25) is 0 Å². The van der Waals surface area contributed by atoms with Crippen molar-refractivity contribution in [2.24, 2.45) is 5.73 Å². The van der Waals surface area contributed by atoms with Crippen molar-refractivity contribution in [3.05, 3.63) is 23.8 Å². The van der Waals surface area contributed by atoms with Crippen molar-refractivity contribution in [2.45, 2.75) is 23.3 Å². The fourth-order valence-electron chi connectivity index (χ4n) is 1.70. The molecule has 1 aliphatic rings. The van der Waals surface area contributed by atoms with E-state index < -0.39 is 9.84 Å². The van der Waals surface area contributed by atoms with Crippen LogP contribution in [0.2, 0.25) is 0 Å². The number of hydrogen-bond acceptors (Lipinski definition) is 4. The van der Waals surface area contributed by atoms with Crippen LogP contribution in [0.15, 0.2) is 23.1 Å². The second-order valence-electron chi connectivity index (χ2n) is 4.29. The lowest BCUT2D eigenvalue weighted by Gasteiger charge is -2.13. The first-order valence-electron chi connectivity index (χ1n) is 5.04. The lowest BCUT2D eigenvalue weighted by molar-refractivity contribution is 0.402. The van der Waals surface area contributed by atoms with Gasteiger partial charge in [-0.25, -0.2) is 8.42 Å². The molecule has 0 amide bonds. The molecule has 5 heteroatoms. The number of hydrogen-bond donors (Lipinski definition) is 1. The minimum Gasteiger partial charge on any atom is -0.495 e. The third-order valence-corrected chi connectivity index (χ3v) is 4.04.